The van der Waals surface area contributed by atoms with Crippen LogP contribution in [0.2, 0.25) is 0 Å². The first kappa shape index (κ1) is 16.3. The zero-order valence-electron chi connectivity index (χ0n) is 11.5. The van der Waals surface area contributed by atoms with Gasteiger partial charge in [-0.3, -0.25) is 0 Å². The molecule has 0 bridgehead atoms. The number of rotatable bonds is 7. The summed E-state index contributed by atoms with van der Waals surface area (Å²) in [5, 5.41) is 11.4. The molecule has 1 unspecified atom stereocenters. The van der Waals surface area contributed by atoms with Crippen molar-refractivity contribution in [3.05, 3.63) is 36.9 Å². The Morgan fingerprint density at radius 2 is 2.27 bits per heavy atom. The third-order valence-corrected chi connectivity index (χ3v) is 4.84. The molecule has 1 aromatic heterocycles. The van der Waals surface area contributed by atoms with Crippen LogP contribution < -0.4 is 5.32 Å². The maximum atomic E-state index is 11.4. The lowest BCUT2D eigenvalue weighted by molar-refractivity contribution is -0.138. The number of hydrogen-bond donors (Lipinski definition) is 2. The van der Waals surface area contributed by atoms with Crippen molar-refractivity contribution in [3.63, 3.8) is 0 Å². The summed E-state index contributed by atoms with van der Waals surface area (Å²) in [6, 6.07) is 6.63. The summed E-state index contributed by atoms with van der Waals surface area (Å²) in [6.45, 7) is 3.44. The number of carbonyl (C=O) groups excluding carboxylic acids is 1. The van der Waals surface area contributed by atoms with E-state index in [-0.39, 0.29) is 12.4 Å². The molecule has 2 N–H and O–H groups in total. The molecule has 0 aliphatic heterocycles. The van der Waals surface area contributed by atoms with Crippen LogP contribution in [0.4, 0.5) is 4.79 Å². The Balaban J connectivity index is 1.94. The molecule has 0 radical (unpaired) electrons. The third-order valence-electron chi connectivity index (χ3n) is 2.57. The van der Waals surface area contributed by atoms with Gasteiger partial charge in [-0.15, -0.1) is 11.3 Å². The van der Waals surface area contributed by atoms with Crippen LogP contribution in [-0.4, -0.2) is 40.6 Å². The summed E-state index contributed by atoms with van der Waals surface area (Å²) in [4.78, 5) is 27.0. The van der Waals surface area contributed by atoms with Gasteiger partial charge in [0, 0.05) is 5.75 Å². The van der Waals surface area contributed by atoms with Crippen LogP contribution in [0, 0.1) is 0 Å². The van der Waals surface area contributed by atoms with Crippen molar-refractivity contribution in [1.29, 1.82) is 0 Å². The van der Waals surface area contributed by atoms with Crippen LogP contribution in [0.3, 0.4) is 0 Å². The van der Waals surface area contributed by atoms with Gasteiger partial charge in [0.1, 0.15) is 12.6 Å². The van der Waals surface area contributed by atoms with E-state index in [2.05, 4.69) is 16.9 Å². The molecule has 0 saturated heterocycles. The highest BCUT2D eigenvalue weighted by Gasteiger charge is 2.21. The van der Waals surface area contributed by atoms with E-state index in [0.717, 1.165) is 14.6 Å². The van der Waals surface area contributed by atoms with Gasteiger partial charge < -0.3 is 15.2 Å². The lowest BCUT2D eigenvalue weighted by Gasteiger charge is -2.12. The molecule has 2 aromatic rings. The van der Waals surface area contributed by atoms with Crippen molar-refractivity contribution >= 4 is 45.4 Å². The molecule has 22 heavy (non-hydrogen) atoms. The highest BCUT2D eigenvalue weighted by Crippen LogP contribution is 2.29. The number of nitrogens with one attached hydrogen (secondary N) is 1. The number of nitrogens with zero attached hydrogens (tertiary/aromatic N) is 1. The number of carbonyl (C=O) groups is 2. The fraction of sp³-hybridized carbons (Fsp3) is 0.214. The van der Waals surface area contributed by atoms with Crippen LogP contribution in [0.25, 0.3) is 10.2 Å². The Kier molecular flexibility index (Phi) is 5.79. The van der Waals surface area contributed by atoms with E-state index >= 15 is 0 Å². The van der Waals surface area contributed by atoms with Gasteiger partial charge in [0.2, 0.25) is 0 Å². The SMILES string of the molecule is C=CCOC(=O)NC(CSc1nc2ccccc2s1)C(=O)O. The lowest BCUT2D eigenvalue weighted by atomic mass is 10.3. The molecule has 0 spiro atoms. The Bertz CT molecular complexity index is 653. The molecule has 6 nitrogen and oxygen atoms in total. The maximum absolute atomic E-state index is 11.4. The van der Waals surface area contributed by atoms with Gasteiger partial charge in [-0.2, -0.15) is 0 Å². The van der Waals surface area contributed by atoms with Gasteiger partial charge in [-0.25, -0.2) is 14.6 Å². The maximum Gasteiger partial charge on any atom is 0.408 e. The summed E-state index contributed by atoms with van der Waals surface area (Å²) in [5.74, 6) is -0.956. The summed E-state index contributed by atoms with van der Waals surface area (Å²) in [7, 11) is 0. The minimum atomic E-state index is -1.12. The fourth-order valence-electron chi connectivity index (χ4n) is 1.56. The number of carboxylic acid groups (broad SMARTS) is 1. The van der Waals surface area contributed by atoms with E-state index in [1.807, 2.05) is 24.3 Å². The monoisotopic (exact) mass is 338 g/mol. The molecule has 0 aliphatic rings. The van der Waals surface area contributed by atoms with E-state index in [1.165, 1.54) is 29.2 Å². The van der Waals surface area contributed by atoms with Crippen molar-refractivity contribution in [2.45, 2.75) is 10.4 Å². The van der Waals surface area contributed by atoms with E-state index in [9.17, 15) is 9.59 Å². The van der Waals surface area contributed by atoms with Gasteiger partial charge in [0.05, 0.1) is 10.2 Å². The average molecular weight is 338 g/mol. The number of aromatic nitrogens is 1. The molecule has 1 amide bonds. The van der Waals surface area contributed by atoms with Gasteiger partial charge in [-0.1, -0.05) is 36.5 Å². The second-order valence-electron chi connectivity index (χ2n) is 4.18. The number of thiazole rings is 1. The number of carboxylic acids is 1. The number of benzene rings is 1. The number of para-hydroxylation sites is 1. The van der Waals surface area contributed by atoms with Crippen LogP contribution in [-0.2, 0) is 9.53 Å². The molecule has 0 aliphatic carbocycles. The molecule has 8 heteroatoms. The molecule has 1 heterocycles. The zero-order chi connectivity index (χ0) is 15.9. The minimum Gasteiger partial charge on any atom is -0.480 e. The van der Waals surface area contributed by atoms with E-state index in [0.29, 0.717) is 0 Å². The van der Waals surface area contributed by atoms with Gasteiger partial charge in [-0.05, 0) is 12.1 Å². The fourth-order valence-corrected chi connectivity index (χ4v) is 3.66. The Morgan fingerprint density at radius 1 is 1.50 bits per heavy atom. The first-order valence-corrected chi connectivity index (χ1v) is 8.15. The van der Waals surface area contributed by atoms with Crippen LogP contribution >= 0.6 is 23.1 Å². The second kappa shape index (κ2) is 7.81. The molecule has 2 rings (SSSR count). The molecule has 1 atom stereocenters. The first-order chi connectivity index (χ1) is 10.6. The number of fused-ring (bicyclic) bond motifs is 1. The number of alkyl carbamates (subject to hydrolysis) is 1. The van der Waals surface area contributed by atoms with E-state index in [1.54, 1.807) is 0 Å². The van der Waals surface area contributed by atoms with Crippen molar-refractivity contribution < 1.29 is 19.4 Å². The van der Waals surface area contributed by atoms with Crippen molar-refractivity contribution in [2.75, 3.05) is 12.4 Å². The molecular weight excluding hydrogens is 324 g/mol. The van der Waals surface area contributed by atoms with Crippen molar-refractivity contribution in [2.24, 2.45) is 0 Å². The predicted octanol–water partition coefficient (Wildman–Crippen LogP) is 2.75. The number of thioether (sulfide) groups is 1. The largest absolute Gasteiger partial charge is 0.480 e. The summed E-state index contributed by atoms with van der Waals surface area (Å²) in [5.41, 5.74) is 0.875. The summed E-state index contributed by atoms with van der Waals surface area (Å²) >= 11 is 2.77. The molecule has 1 aromatic carbocycles. The number of amides is 1. The average Bonchev–Trinajstić information content (AvgIpc) is 2.91. The quantitative estimate of drug-likeness (QED) is 0.596. The highest BCUT2D eigenvalue weighted by atomic mass is 32.2. The first-order valence-electron chi connectivity index (χ1n) is 6.35. The van der Waals surface area contributed by atoms with Crippen LogP contribution in [0.1, 0.15) is 0 Å². The van der Waals surface area contributed by atoms with Gasteiger partial charge >= 0.3 is 12.1 Å². The summed E-state index contributed by atoms with van der Waals surface area (Å²) < 4.78 is 6.51. The van der Waals surface area contributed by atoms with Crippen molar-refractivity contribution in [1.82, 2.24) is 10.3 Å². The predicted molar refractivity (Wildman–Crippen MR) is 86.4 cm³/mol. The second-order valence-corrected chi connectivity index (χ2v) is 6.48. The molecule has 0 fully saturated rings. The highest BCUT2D eigenvalue weighted by molar-refractivity contribution is 8.01. The van der Waals surface area contributed by atoms with Crippen molar-refractivity contribution in [3.8, 4) is 0 Å². The normalized spacial score (nSPS) is 11.8. The minimum absolute atomic E-state index is 0.0309. The Hall–Kier alpha value is -2.06. The van der Waals surface area contributed by atoms with Crippen LogP contribution in [0.15, 0.2) is 41.3 Å². The third kappa shape index (κ3) is 4.47. The number of aliphatic carboxylic acids is 1. The molecule has 0 saturated carbocycles. The zero-order valence-corrected chi connectivity index (χ0v) is 13.2. The van der Waals surface area contributed by atoms with E-state index < -0.39 is 18.1 Å². The van der Waals surface area contributed by atoms with Gasteiger partial charge in [0.25, 0.3) is 0 Å². The molecule has 116 valence electrons. The smallest absolute Gasteiger partial charge is 0.408 e. The summed E-state index contributed by atoms with van der Waals surface area (Å²) in [6.07, 6.45) is 0.628. The van der Waals surface area contributed by atoms with E-state index in [4.69, 9.17) is 9.84 Å². The van der Waals surface area contributed by atoms with Crippen LogP contribution in [0.5, 0.6) is 0 Å². The standard InChI is InChI=1S/C14H14N2O4S2/c1-2-7-20-13(19)15-10(12(17)18)8-21-14-16-9-5-3-4-6-11(9)22-14/h2-6,10H,1,7-8H2,(H,15,19)(H,17,18). The molecular formula is C14H14N2O4S2. The van der Waals surface area contributed by atoms with Gasteiger partial charge in [0.15, 0.2) is 4.34 Å². The number of ether oxygens (including phenoxy) is 1. The Morgan fingerprint density at radius 3 is 2.95 bits per heavy atom. The lowest BCUT2D eigenvalue weighted by Crippen LogP contribution is -2.42. The Labute approximate surface area is 135 Å². The number of hydrogen-bond acceptors (Lipinski definition) is 6. The topological polar surface area (TPSA) is 88.5 Å².